The van der Waals surface area contributed by atoms with Crippen molar-refractivity contribution in [1.29, 1.82) is 0 Å². The van der Waals surface area contributed by atoms with Crippen LogP contribution in [0.3, 0.4) is 0 Å². The van der Waals surface area contributed by atoms with Crippen molar-refractivity contribution in [3.8, 4) is 16.8 Å². The minimum Gasteiger partial charge on any atom is -0.371 e. The summed E-state index contributed by atoms with van der Waals surface area (Å²) in [6.07, 6.45) is 2.31. The molecule has 2 aromatic heterocycles. The number of para-hydroxylation sites is 1. The largest absolute Gasteiger partial charge is 0.371 e. The molecule has 7 nitrogen and oxygen atoms in total. The van der Waals surface area contributed by atoms with Gasteiger partial charge in [-0.15, -0.1) is 0 Å². The van der Waals surface area contributed by atoms with Gasteiger partial charge in [-0.3, -0.25) is 9.36 Å². The Labute approximate surface area is 215 Å². The second-order valence-corrected chi connectivity index (χ2v) is 8.81. The molecule has 0 saturated carbocycles. The molecule has 3 N–H and O–H groups in total. The van der Waals surface area contributed by atoms with Gasteiger partial charge < -0.3 is 11.1 Å². The average Bonchev–Trinajstić information content (AvgIpc) is 2.93. The molecule has 7 heteroatoms. The quantitative estimate of drug-likeness (QED) is 0.274. The first kappa shape index (κ1) is 23.8. The van der Waals surface area contributed by atoms with E-state index >= 15 is 0 Å². The number of aromatic nitrogens is 3. The number of aryl methyl sites for hydroxylation is 1. The van der Waals surface area contributed by atoms with Gasteiger partial charge in [0.1, 0.15) is 5.82 Å². The van der Waals surface area contributed by atoms with E-state index in [1.165, 1.54) is 11.8 Å². The lowest BCUT2D eigenvalue weighted by atomic mass is 9.96. The highest BCUT2D eigenvalue weighted by Crippen LogP contribution is 2.32. The van der Waals surface area contributed by atoms with Crippen LogP contribution < -0.4 is 16.6 Å². The Morgan fingerprint density at radius 2 is 1.84 bits per heavy atom. The summed E-state index contributed by atoms with van der Waals surface area (Å²) in [7, 11) is 0. The second-order valence-electron chi connectivity index (χ2n) is 8.81. The van der Waals surface area contributed by atoms with Crippen molar-refractivity contribution in [3.05, 3.63) is 118 Å². The normalized spacial score (nSPS) is 11.7. The van der Waals surface area contributed by atoms with Crippen LogP contribution in [0, 0.1) is 6.57 Å². The van der Waals surface area contributed by atoms with E-state index in [9.17, 15) is 4.79 Å². The number of nitrogens with two attached hydrogens (primary N) is 1. The van der Waals surface area contributed by atoms with E-state index in [0.717, 1.165) is 34.3 Å². The van der Waals surface area contributed by atoms with Crippen LogP contribution in [0.2, 0.25) is 0 Å². The van der Waals surface area contributed by atoms with Crippen molar-refractivity contribution in [2.24, 2.45) is 0 Å². The molecule has 0 aliphatic carbocycles. The highest BCUT2D eigenvalue weighted by Gasteiger charge is 2.20. The molecule has 0 unspecified atom stereocenters. The van der Waals surface area contributed by atoms with E-state index in [4.69, 9.17) is 12.3 Å². The van der Waals surface area contributed by atoms with E-state index in [0.29, 0.717) is 11.2 Å². The molecule has 0 fully saturated rings. The second kappa shape index (κ2) is 9.96. The smallest absolute Gasteiger partial charge is 0.263 e. The summed E-state index contributed by atoms with van der Waals surface area (Å²) in [5, 5.41) is 4.77. The standard InChI is InChI=1S/C30H26N6O/c1-4-20-10-8-11-21(16-20)24-15-9-12-22-17-26(19(2)34-28-25(32-3)18-33-30(31)35-28)36(29(37)27(22)24)23-13-6-5-7-14-23/h5-19H,4H2,1-2H3,(H3,31,33,34,35)/t19-/m0/s1. The molecule has 1 atom stereocenters. The first-order chi connectivity index (χ1) is 18.0. The Hall–Kier alpha value is -4.96. The van der Waals surface area contributed by atoms with E-state index in [1.54, 1.807) is 4.57 Å². The molecule has 0 aliphatic heterocycles. The van der Waals surface area contributed by atoms with E-state index < -0.39 is 0 Å². The summed E-state index contributed by atoms with van der Waals surface area (Å²) in [6.45, 7) is 11.5. The summed E-state index contributed by atoms with van der Waals surface area (Å²) >= 11 is 0. The molecule has 0 aliphatic rings. The Bertz CT molecular complexity index is 1700. The van der Waals surface area contributed by atoms with Gasteiger partial charge in [0.2, 0.25) is 11.6 Å². The number of rotatable bonds is 6. The highest BCUT2D eigenvalue weighted by atomic mass is 16.1. The fourth-order valence-electron chi connectivity index (χ4n) is 4.60. The Kier molecular flexibility index (Phi) is 6.40. The van der Waals surface area contributed by atoms with Gasteiger partial charge in [0.25, 0.3) is 5.56 Å². The zero-order chi connectivity index (χ0) is 25.9. The number of pyridine rings is 1. The van der Waals surface area contributed by atoms with E-state index in [1.807, 2.05) is 73.7 Å². The lowest BCUT2D eigenvalue weighted by molar-refractivity contribution is 0.774. The number of nitrogen functional groups attached to an aromatic ring is 1. The third kappa shape index (κ3) is 4.53. The van der Waals surface area contributed by atoms with Gasteiger partial charge in [0.05, 0.1) is 18.0 Å². The number of benzene rings is 3. The third-order valence-electron chi connectivity index (χ3n) is 6.44. The predicted octanol–water partition coefficient (Wildman–Crippen LogP) is 6.32. The molecule has 0 bridgehead atoms. The van der Waals surface area contributed by atoms with Crippen LogP contribution in [-0.4, -0.2) is 14.5 Å². The maximum atomic E-state index is 14.3. The maximum absolute atomic E-state index is 14.3. The number of nitrogens with zero attached hydrogens (tertiary/aromatic N) is 4. The molecular weight excluding hydrogens is 460 g/mol. The highest BCUT2D eigenvalue weighted by molar-refractivity contribution is 5.96. The van der Waals surface area contributed by atoms with Crippen LogP contribution in [0.4, 0.5) is 17.5 Å². The molecule has 5 aromatic rings. The van der Waals surface area contributed by atoms with Crippen LogP contribution in [0.5, 0.6) is 0 Å². The Balaban J connectivity index is 1.74. The fraction of sp³-hybridized carbons (Fsp3) is 0.133. The predicted molar refractivity (Wildman–Crippen MR) is 149 cm³/mol. The van der Waals surface area contributed by atoms with E-state index in [2.05, 4.69) is 39.2 Å². The van der Waals surface area contributed by atoms with Crippen LogP contribution in [0.1, 0.15) is 31.1 Å². The van der Waals surface area contributed by atoms with Gasteiger partial charge in [-0.2, -0.15) is 0 Å². The molecule has 3 aromatic carbocycles. The Morgan fingerprint density at radius 3 is 2.59 bits per heavy atom. The third-order valence-corrected chi connectivity index (χ3v) is 6.44. The number of anilines is 2. The van der Waals surface area contributed by atoms with Crippen molar-refractivity contribution < 1.29 is 0 Å². The van der Waals surface area contributed by atoms with Gasteiger partial charge in [-0.25, -0.2) is 14.8 Å². The van der Waals surface area contributed by atoms with Gasteiger partial charge in [0.15, 0.2) is 0 Å². The Morgan fingerprint density at radius 1 is 1.05 bits per heavy atom. The molecule has 37 heavy (non-hydrogen) atoms. The molecule has 5 rings (SSSR count). The summed E-state index contributed by atoms with van der Waals surface area (Å²) in [4.78, 5) is 25.9. The first-order valence-electron chi connectivity index (χ1n) is 12.1. The van der Waals surface area contributed by atoms with Crippen molar-refractivity contribution >= 4 is 28.2 Å². The topological polar surface area (TPSA) is 90.2 Å². The minimum atomic E-state index is -0.376. The van der Waals surface area contributed by atoms with Gasteiger partial charge in [-0.1, -0.05) is 67.6 Å². The van der Waals surface area contributed by atoms with Crippen LogP contribution in [-0.2, 0) is 6.42 Å². The van der Waals surface area contributed by atoms with Gasteiger partial charge in [-0.05, 0) is 53.6 Å². The molecule has 0 amide bonds. The molecule has 0 radical (unpaired) electrons. The minimum absolute atomic E-state index is 0.0695. The van der Waals surface area contributed by atoms with Crippen LogP contribution in [0.15, 0.2) is 89.9 Å². The molecule has 182 valence electrons. The van der Waals surface area contributed by atoms with Crippen LogP contribution >= 0.6 is 0 Å². The first-order valence-corrected chi connectivity index (χ1v) is 12.1. The van der Waals surface area contributed by atoms with Gasteiger partial charge >= 0.3 is 0 Å². The lowest BCUT2D eigenvalue weighted by Gasteiger charge is -2.22. The average molecular weight is 487 g/mol. The van der Waals surface area contributed by atoms with E-state index in [-0.39, 0.29) is 23.2 Å². The molecule has 2 heterocycles. The molecule has 0 saturated heterocycles. The number of nitrogens with one attached hydrogen (secondary N) is 1. The molecule has 0 spiro atoms. The summed E-state index contributed by atoms with van der Waals surface area (Å²) in [6, 6.07) is 25.5. The summed E-state index contributed by atoms with van der Waals surface area (Å²) in [5.41, 5.74) is 10.5. The monoisotopic (exact) mass is 486 g/mol. The molecular formula is C30H26N6O. The SMILES string of the molecule is [C-]#[N+]c1cnc(N)nc1N[C@@H](C)c1cc2cccc(-c3cccc(CC)c3)c2c(=O)n1-c1ccccc1. The summed E-state index contributed by atoms with van der Waals surface area (Å²) in [5.74, 6) is 0.396. The number of hydrogen-bond donors (Lipinski definition) is 2. The van der Waals surface area contributed by atoms with Crippen molar-refractivity contribution in [1.82, 2.24) is 14.5 Å². The number of fused-ring (bicyclic) bond motifs is 1. The van der Waals surface area contributed by atoms with Gasteiger partial charge in [0, 0.05) is 17.6 Å². The maximum Gasteiger partial charge on any atom is 0.263 e. The van der Waals surface area contributed by atoms with Crippen molar-refractivity contribution in [2.45, 2.75) is 26.3 Å². The zero-order valence-corrected chi connectivity index (χ0v) is 20.6. The lowest BCUT2D eigenvalue weighted by Crippen LogP contribution is -2.26. The van der Waals surface area contributed by atoms with Crippen molar-refractivity contribution in [3.63, 3.8) is 0 Å². The van der Waals surface area contributed by atoms with Crippen molar-refractivity contribution in [2.75, 3.05) is 11.1 Å². The number of hydrogen-bond acceptors (Lipinski definition) is 5. The summed E-state index contributed by atoms with van der Waals surface area (Å²) < 4.78 is 1.73. The van der Waals surface area contributed by atoms with Crippen LogP contribution in [0.25, 0.3) is 32.4 Å². The zero-order valence-electron chi connectivity index (χ0n) is 20.6. The fourth-order valence-corrected chi connectivity index (χ4v) is 4.60.